The number of imide groups is 1. The number of benzene rings is 1. The van der Waals surface area contributed by atoms with Crippen LogP contribution in [0.4, 0.5) is 11.5 Å². The molecule has 0 saturated carbocycles. The van der Waals surface area contributed by atoms with Crippen LogP contribution in [0.25, 0.3) is 0 Å². The number of rotatable bonds is 1. The Morgan fingerprint density at radius 2 is 1.68 bits per heavy atom. The number of pyridine rings is 1. The number of carbonyl (C=O) groups is 2. The van der Waals surface area contributed by atoms with Gasteiger partial charge < -0.3 is 5.73 Å². The Balaban J connectivity index is 2.14. The molecule has 0 unspecified atom stereocenters. The van der Waals surface area contributed by atoms with Gasteiger partial charge in [-0.1, -0.05) is 12.1 Å². The lowest BCUT2D eigenvalue weighted by atomic mass is 10.1. The number of amides is 2. The molecule has 5 heteroatoms. The van der Waals surface area contributed by atoms with Gasteiger partial charge in [0, 0.05) is 0 Å². The quantitative estimate of drug-likeness (QED) is 0.786. The van der Waals surface area contributed by atoms with Crippen LogP contribution >= 0.6 is 0 Å². The number of nitrogens with two attached hydrogens (primary N) is 1. The summed E-state index contributed by atoms with van der Waals surface area (Å²) in [6.45, 7) is 1.77. The van der Waals surface area contributed by atoms with Gasteiger partial charge in [0.1, 0.15) is 5.82 Å². The molecule has 0 saturated heterocycles. The van der Waals surface area contributed by atoms with Gasteiger partial charge in [-0.15, -0.1) is 0 Å². The predicted molar refractivity (Wildman–Crippen MR) is 71.0 cm³/mol. The molecular weight excluding hydrogens is 242 g/mol. The smallest absolute Gasteiger partial charge is 0.267 e. The maximum atomic E-state index is 12.3. The monoisotopic (exact) mass is 253 g/mol. The number of aryl methyl sites for hydroxylation is 1. The zero-order valence-electron chi connectivity index (χ0n) is 10.3. The summed E-state index contributed by atoms with van der Waals surface area (Å²) < 4.78 is 0. The van der Waals surface area contributed by atoms with E-state index in [-0.39, 0.29) is 11.8 Å². The van der Waals surface area contributed by atoms with Crippen molar-refractivity contribution in [3.63, 3.8) is 0 Å². The van der Waals surface area contributed by atoms with Gasteiger partial charge in [-0.2, -0.15) is 0 Å². The zero-order valence-corrected chi connectivity index (χ0v) is 10.3. The van der Waals surface area contributed by atoms with Crippen LogP contribution in [-0.2, 0) is 0 Å². The maximum Gasteiger partial charge on any atom is 0.267 e. The first-order chi connectivity index (χ1) is 9.09. The second-order valence-electron chi connectivity index (χ2n) is 4.40. The van der Waals surface area contributed by atoms with Gasteiger partial charge in [-0.05, 0) is 30.7 Å². The van der Waals surface area contributed by atoms with E-state index in [0.717, 1.165) is 4.90 Å². The second-order valence-corrected chi connectivity index (χ2v) is 4.40. The number of carbonyl (C=O) groups excluding carboxylic acids is 2. The predicted octanol–water partition coefficient (Wildman–Crippen LogP) is 1.77. The summed E-state index contributed by atoms with van der Waals surface area (Å²) in [5, 5.41) is 0. The molecule has 19 heavy (non-hydrogen) atoms. The van der Waals surface area contributed by atoms with Gasteiger partial charge in [-0.25, -0.2) is 9.88 Å². The average molecular weight is 253 g/mol. The van der Waals surface area contributed by atoms with Crippen molar-refractivity contribution in [1.29, 1.82) is 0 Å². The molecule has 2 amide bonds. The second kappa shape index (κ2) is 3.91. The SMILES string of the molecule is Cc1cc(N)cnc1N1C(=O)c2ccccc2C1=O. The molecular formula is C14H11N3O2. The van der Waals surface area contributed by atoms with E-state index >= 15 is 0 Å². The first-order valence-corrected chi connectivity index (χ1v) is 5.79. The first-order valence-electron chi connectivity index (χ1n) is 5.79. The van der Waals surface area contributed by atoms with Gasteiger partial charge >= 0.3 is 0 Å². The fourth-order valence-electron chi connectivity index (χ4n) is 2.21. The summed E-state index contributed by atoms with van der Waals surface area (Å²) >= 11 is 0. The van der Waals surface area contributed by atoms with Crippen LogP contribution in [-0.4, -0.2) is 16.8 Å². The third kappa shape index (κ3) is 1.59. The fourth-order valence-corrected chi connectivity index (χ4v) is 2.21. The molecule has 2 N–H and O–H groups in total. The van der Waals surface area contributed by atoms with Crippen molar-refractivity contribution in [3.8, 4) is 0 Å². The molecule has 0 aliphatic carbocycles. The normalized spacial score (nSPS) is 13.8. The highest BCUT2D eigenvalue weighted by Crippen LogP contribution is 2.29. The minimum absolute atomic E-state index is 0.334. The van der Waals surface area contributed by atoms with Crippen LogP contribution in [0.1, 0.15) is 26.3 Å². The molecule has 0 radical (unpaired) electrons. The molecule has 3 rings (SSSR count). The summed E-state index contributed by atoms with van der Waals surface area (Å²) in [5.41, 5.74) is 7.63. The number of nitrogen functional groups attached to an aromatic ring is 1. The molecule has 0 atom stereocenters. The number of hydrogen-bond donors (Lipinski definition) is 1. The van der Waals surface area contributed by atoms with Gasteiger partial charge in [-0.3, -0.25) is 9.59 Å². The summed E-state index contributed by atoms with van der Waals surface area (Å²) in [7, 11) is 0. The van der Waals surface area contributed by atoms with Crippen LogP contribution in [0.3, 0.4) is 0 Å². The highest BCUT2D eigenvalue weighted by atomic mass is 16.2. The maximum absolute atomic E-state index is 12.3. The standard InChI is InChI=1S/C14H11N3O2/c1-8-6-9(15)7-16-12(8)17-13(18)10-4-2-3-5-11(10)14(17)19/h2-7H,15H2,1H3. The van der Waals surface area contributed by atoms with Crippen LogP contribution in [0.5, 0.6) is 0 Å². The van der Waals surface area contributed by atoms with Crippen molar-refractivity contribution in [1.82, 2.24) is 4.98 Å². The van der Waals surface area contributed by atoms with E-state index in [9.17, 15) is 9.59 Å². The van der Waals surface area contributed by atoms with Crippen LogP contribution in [0.15, 0.2) is 36.5 Å². The number of nitrogens with zero attached hydrogens (tertiary/aromatic N) is 2. The van der Waals surface area contributed by atoms with E-state index in [1.54, 1.807) is 37.3 Å². The third-order valence-electron chi connectivity index (χ3n) is 3.08. The summed E-state index contributed by atoms with van der Waals surface area (Å²) in [6.07, 6.45) is 1.44. The lowest BCUT2D eigenvalue weighted by molar-refractivity contribution is 0.0925. The van der Waals surface area contributed by atoms with Crippen molar-refractivity contribution in [2.75, 3.05) is 10.6 Å². The molecule has 5 nitrogen and oxygen atoms in total. The highest BCUT2D eigenvalue weighted by molar-refractivity contribution is 6.34. The molecule has 1 aliphatic rings. The third-order valence-corrected chi connectivity index (χ3v) is 3.08. The van der Waals surface area contributed by atoms with Gasteiger partial charge in [0.15, 0.2) is 0 Å². The Morgan fingerprint density at radius 1 is 1.11 bits per heavy atom. The lowest BCUT2D eigenvalue weighted by Crippen LogP contribution is -2.31. The van der Waals surface area contributed by atoms with E-state index in [2.05, 4.69) is 4.98 Å². The van der Waals surface area contributed by atoms with Crippen LogP contribution < -0.4 is 10.6 Å². The minimum atomic E-state index is -0.346. The number of aromatic nitrogens is 1. The molecule has 0 fully saturated rings. The van der Waals surface area contributed by atoms with E-state index in [0.29, 0.717) is 28.2 Å². The lowest BCUT2D eigenvalue weighted by Gasteiger charge is -2.15. The molecule has 1 aromatic carbocycles. The number of fused-ring (bicyclic) bond motifs is 1. The largest absolute Gasteiger partial charge is 0.397 e. The molecule has 94 valence electrons. The van der Waals surface area contributed by atoms with Crippen molar-refractivity contribution in [3.05, 3.63) is 53.2 Å². The molecule has 2 heterocycles. The number of hydrogen-bond acceptors (Lipinski definition) is 4. The Hall–Kier alpha value is -2.69. The summed E-state index contributed by atoms with van der Waals surface area (Å²) in [4.78, 5) is 29.8. The van der Waals surface area contributed by atoms with Gasteiger partial charge in [0.25, 0.3) is 11.8 Å². The number of anilines is 2. The van der Waals surface area contributed by atoms with Crippen molar-refractivity contribution >= 4 is 23.3 Å². The first kappa shape index (κ1) is 11.4. The topological polar surface area (TPSA) is 76.3 Å². The molecule has 0 spiro atoms. The van der Waals surface area contributed by atoms with Gasteiger partial charge in [0.2, 0.25) is 0 Å². The Morgan fingerprint density at radius 3 is 2.21 bits per heavy atom. The van der Waals surface area contributed by atoms with E-state index in [4.69, 9.17) is 5.73 Å². The van der Waals surface area contributed by atoms with Crippen molar-refractivity contribution in [2.24, 2.45) is 0 Å². The zero-order chi connectivity index (χ0) is 13.6. The fraction of sp³-hybridized carbons (Fsp3) is 0.0714. The van der Waals surface area contributed by atoms with E-state index < -0.39 is 0 Å². The molecule has 1 aliphatic heterocycles. The Kier molecular flexibility index (Phi) is 2.35. The van der Waals surface area contributed by atoms with E-state index in [1.807, 2.05) is 0 Å². The highest BCUT2D eigenvalue weighted by Gasteiger charge is 2.37. The Bertz CT molecular complexity index is 675. The van der Waals surface area contributed by atoms with Crippen LogP contribution in [0.2, 0.25) is 0 Å². The summed E-state index contributed by atoms with van der Waals surface area (Å²) in [5.74, 6) is -0.359. The van der Waals surface area contributed by atoms with Crippen LogP contribution in [0, 0.1) is 6.92 Å². The summed E-state index contributed by atoms with van der Waals surface area (Å²) in [6, 6.07) is 8.43. The molecule has 2 aromatic rings. The van der Waals surface area contributed by atoms with Crippen molar-refractivity contribution in [2.45, 2.75) is 6.92 Å². The molecule has 1 aromatic heterocycles. The Labute approximate surface area is 109 Å². The average Bonchev–Trinajstić information content (AvgIpc) is 2.64. The minimum Gasteiger partial charge on any atom is -0.397 e. The van der Waals surface area contributed by atoms with Crippen molar-refractivity contribution < 1.29 is 9.59 Å². The molecule has 0 bridgehead atoms. The van der Waals surface area contributed by atoms with E-state index in [1.165, 1.54) is 6.20 Å². The van der Waals surface area contributed by atoms with Gasteiger partial charge in [0.05, 0.1) is 23.0 Å².